The number of nitrogens with two attached hydrogens (primary N) is 1. The molecule has 0 aliphatic rings. The molecule has 0 radical (unpaired) electrons. The fourth-order valence-electron chi connectivity index (χ4n) is 1.41. The molecule has 0 aromatic heterocycles. The van der Waals surface area contributed by atoms with E-state index in [0.29, 0.717) is 13.1 Å². The normalized spacial score (nSPS) is 11.0. The van der Waals surface area contributed by atoms with Crippen LogP contribution in [0.2, 0.25) is 0 Å². The van der Waals surface area contributed by atoms with Crippen molar-refractivity contribution >= 4 is 28.3 Å². The van der Waals surface area contributed by atoms with Crippen LogP contribution in [0.25, 0.3) is 0 Å². The number of benzene rings is 1. The SMILES string of the molecule is CN(C)S(=O)(=O)c1ccc(CNC(=O)CCN)cc1.Cl. The molecule has 20 heavy (non-hydrogen) atoms. The Morgan fingerprint density at radius 3 is 2.25 bits per heavy atom. The Morgan fingerprint density at radius 2 is 1.80 bits per heavy atom. The third-order valence-corrected chi connectivity index (χ3v) is 4.39. The Balaban J connectivity index is 0.00000361. The van der Waals surface area contributed by atoms with Crippen molar-refractivity contribution in [2.75, 3.05) is 20.6 Å². The van der Waals surface area contributed by atoms with Gasteiger partial charge in [0.25, 0.3) is 0 Å². The van der Waals surface area contributed by atoms with E-state index in [1.165, 1.54) is 26.2 Å². The summed E-state index contributed by atoms with van der Waals surface area (Å²) in [6, 6.07) is 6.41. The van der Waals surface area contributed by atoms with E-state index < -0.39 is 10.0 Å². The number of hydrogen-bond acceptors (Lipinski definition) is 4. The number of carbonyl (C=O) groups excluding carboxylic acids is 1. The van der Waals surface area contributed by atoms with Crippen molar-refractivity contribution in [1.29, 1.82) is 0 Å². The van der Waals surface area contributed by atoms with Gasteiger partial charge in [-0.3, -0.25) is 4.79 Å². The Labute approximate surface area is 125 Å². The maximum absolute atomic E-state index is 11.8. The molecule has 3 N–H and O–H groups in total. The van der Waals surface area contributed by atoms with Gasteiger partial charge in [0.15, 0.2) is 0 Å². The second-order valence-electron chi connectivity index (χ2n) is 4.25. The molecule has 0 aliphatic carbocycles. The van der Waals surface area contributed by atoms with Gasteiger partial charge in [0.05, 0.1) is 4.90 Å². The molecular formula is C12H20ClN3O3S. The molecule has 1 rings (SSSR count). The van der Waals surface area contributed by atoms with Crippen molar-refractivity contribution < 1.29 is 13.2 Å². The molecular weight excluding hydrogens is 302 g/mol. The number of nitrogens with one attached hydrogen (secondary N) is 1. The van der Waals surface area contributed by atoms with Gasteiger partial charge in [-0.25, -0.2) is 12.7 Å². The highest BCUT2D eigenvalue weighted by Crippen LogP contribution is 2.13. The van der Waals surface area contributed by atoms with Gasteiger partial charge in [-0.15, -0.1) is 12.4 Å². The molecule has 0 aliphatic heterocycles. The summed E-state index contributed by atoms with van der Waals surface area (Å²) in [6.07, 6.45) is 0.285. The van der Waals surface area contributed by atoms with E-state index in [1.807, 2.05) is 0 Å². The van der Waals surface area contributed by atoms with Crippen molar-refractivity contribution in [3.05, 3.63) is 29.8 Å². The summed E-state index contributed by atoms with van der Waals surface area (Å²) in [5.74, 6) is -0.118. The van der Waals surface area contributed by atoms with Crippen LogP contribution >= 0.6 is 12.4 Å². The van der Waals surface area contributed by atoms with Crippen LogP contribution in [0.15, 0.2) is 29.2 Å². The zero-order valence-corrected chi connectivity index (χ0v) is 13.1. The fraction of sp³-hybridized carbons (Fsp3) is 0.417. The minimum absolute atomic E-state index is 0. The summed E-state index contributed by atoms with van der Waals surface area (Å²) in [6.45, 7) is 0.674. The van der Waals surface area contributed by atoms with Gasteiger partial charge in [-0.05, 0) is 17.7 Å². The van der Waals surface area contributed by atoms with E-state index in [4.69, 9.17) is 5.73 Å². The number of halogens is 1. The molecule has 0 saturated carbocycles. The molecule has 1 aromatic carbocycles. The molecule has 0 atom stereocenters. The second kappa shape index (κ2) is 8.21. The lowest BCUT2D eigenvalue weighted by Gasteiger charge is -2.11. The van der Waals surface area contributed by atoms with Crippen LogP contribution < -0.4 is 11.1 Å². The van der Waals surface area contributed by atoms with Gasteiger partial charge in [0.2, 0.25) is 15.9 Å². The topological polar surface area (TPSA) is 92.5 Å². The van der Waals surface area contributed by atoms with Crippen molar-refractivity contribution in [3.63, 3.8) is 0 Å². The number of carbonyl (C=O) groups is 1. The van der Waals surface area contributed by atoms with E-state index in [0.717, 1.165) is 9.87 Å². The highest BCUT2D eigenvalue weighted by atomic mass is 35.5. The van der Waals surface area contributed by atoms with Crippen molar-refractivity contribution in [1.82, 2.24) is 9.62 Å². The summed E-state index contributed by atoms with van der Waals surface area (Å²) in [7, 11) is -0.439. The van der Waals surface area contributed by atoms with E-state index in [1.54, 1.807) is 12.1 Å². The highest BCUT2D eigenvalue weighted by Gasteiger charge is 2.16. The van der Waals surface area contributed by atoms with Gasteiger partial charge in [-0.1, -0.05) is 12.1 Å². The lowest BCUT2D eigenvalue weighted by atomic mass is 10.2. The Hall–Kier alpha value is -1.15. The average Bonchev–Trinajstić information content (AvgIpc) is 2.37. The number of sulfonamides is 1. The molecule has 6 nitrogen and oxygen atoms in total. The van der Waals surface area contributed by atoms with Gasteiger partial charge in [0, 0.05) is 33.6 Å². The lowest BCUT2D eigenvalue weighted by Crippen LogP contribution is -2.25. The molecule has 114 valence electrons. The highest BCUT2D eigenvalue weighted by molar-refractivity contribution is 7.89. The molecule has 1 amide bonds. The van der Waals surface area contributed by atoms with Gasteiger partial charge in [-0.2, -0.15) is 0 Å². The molecule has 0 bridgehead atoms. The third kappa shape index (κ3) is 5.09. The van der Waals surface area contributed by atoms with Crippen LogP contribution in [-0.2, 0) is 21.4 Å². The van der Waals surface area contributed by atoms with Gasteiger partial charge >= 0.3 is 0 Å². The monoisotopic (exact) mass is 321 g/mol. The minimum Gasteiger partial charge on any atom is -0.352 e. The molecule has 0 unspecified atom stereocenters. The summed E-state index contributed by atoms with van der Waals surface area (Å²) < 4.78 is 24.8. The van der Waals surface area contributed by atoms with E-state index in [9.17, 15) is 13.2 Å². The zero-order chi connectivity index (χ0) is 14.5. The Bertz CT molecular complexity index is 529. The summed E-state index contributed by atoms with van der Waals surface area (Å²) in [5, 5.41) is 2.70. The first-order chi connectivity index (χ1) is 8.87. The number of hydrogen-bond donors (Lipinski definition) is 2. The van der Waals surface area contributed by atoms with Gasteiger partial charge in [0.1, 0.15) is 0 Å². The Kier molecular flexibility index (Phi) is 7.74. The van der Waals surface area contributed by atoms with Crippen LogP contribution in [-0.4, -0.2) is 39.3 Å². The number of nitrogens with zero attached hydrogens (tertiary/aromatic N) is 1. The summed E-state index contributed by atoms with van der Waals surface area (Å²) >= 11 is 0. The predicted octanol–water partition coefficient (Wildman–Crippen LogP) is 0.324. The summed E-state index contributed by atoms with van der Waals surface area (Å²) in [5.41, 5.74) is 6.10. The lowest BCUT2D eigenvalue weighted by molar-refractivity contribution is -0.121. The standard InChI is InChI=1S/C12H19N3O3S.ClH/c1-15(2)19(17,18)11-5-3-10(4-6-11)9-14-12(16)7-8-13;/h3-6H,7-9,13H2,1-2H3,(H,14,16);1H. The molecule has 8 heteroatoms. The van der Waals surface area contributed by atoms with Crippen molar-refractivity contribution in [2.24, 2.45) is 5.73 Å². The molecule has 0 heterocycles. The Morgan fingerprint density at radius 1 is 1.25 bits per heavy atom. The molecule has 1 aromatic rings. The first kappa shape index (κ1) is 18.9. The maximum Gasteiger partial charge on any atom is 0.242 e. The van der Waals surface area contributed by atoms with Gasteiger partial charge < -0.3 is 11.1 Å². The third-order valence-electron chi connectivity index (χ3n) is 2.56. The van der Waals surface area contributed by atoms with Crippen molar-refractivity contribution in [2.45, 2.75) is 17.9 Å². The molecule has 0 fully saturated rings. The van der Waals surface area contributed by atoms with Crippen molar-refractivity contribution in [3.8, 4) is 0 Å². The number of rotatable bonds is 6. The van der Waals surface area contributed by atoms with E-state index in [-0.39, 0.29) is 29.6 Å². The predicted molar refractivity (Wildman–Crippen MR) is 80.1 cm³/mol. The smallest absolute Gasteiger partial charge is 0.242 e. The van der Waals surface area contributed by atoms with E-state index in [2.05, 4.69) is 5.32 Å². The molecule has 0 spiro atoms. The van der Waals surface area contributed by atoms with Crippen LogP contribution in [0, 0.1) is 0 Å². The largest absolute Gasteiger partial charge is 0.352 e. The van der Waals surface area contributed by atoms with Crippen LogP contribution in [0.4, 0.5) is 0 Å². The number of amides is 1. The summed E-state index contributed by atoms with van der Waals surface area (Å²) in [4.78, 5) is 11.5. The average molecular weight is 322 g/mol. The second-order valence-corrected chi connectivity index (χ2v) is 6.40. The van der Waals surface area contributed by atoms with E-state index >= 15 is 0 Å². The van der Waals surface area contributed by atoms with Crippen LogP contribution in [0.3, 0.4) is 0 Å². The first-order valence-electron chi connectivity index (χ1n) is 5.86. The zero-order valence-electron chi connectivity index (χ0n) is 11.5. The molecule has 0 saturated heterocycles. The fourth-order valence-corrected chi connectivity index (χ4v) is 2.31. The first-order valence-corrected chi connectivity index (χ1v) is 7.30. The quantitative estimate of drug-likeness (QED) is 0.789. The van der Waals surface area contributed by atoms with Crippen LogP contribution in [0.1, 0.15) is 12.0 Å². The maximum atomic E-state index is 11.8. The van der Waals surface area contributed by atoms with Crippen LogP contribution in [0.5, 0.6) is 0 Å². The minimum atomic E-state index is -3.40.